The van der Waals surface area contributed by atoms with E-state index in [-0.39, 0.29) is 12.5 Å². The Bertz CT molecular complexity index is 563. The summed E-state index contributed by atoms with van der Waals surface area (Å²) >= 11 is 0. The lowest BCUT2D eigenvalue weighted by atomic mass is 10.0. The standard InChI is InChI=1S/C14H17FN4/c1-9-5-10(2)7-11(6-9)12-8-13(17-4-3-15)19-14(16)18-12/h5-8H,3-4H2,1-2H3,(H3,16,17,18,19). The van der Waals surface area contributed by atoms with Gasteiger partial charge in [0.2, 0.25) is 5.95 Å². The molecule has 0 aliphatic rings. The molecule has 2 rings (SSSR count). The summed E-state index contributed by atoms with van der Waals surface area (Å²) in [6.45, 7) is 3.82. The smallest absolute Gasteiger partial charge is 0.222 e. The zero-order chi connectivity index (χ0) is 13.8. The highest BCUT2D eigenvalue weighted by Crippen LogP contribution is 2.23. The number of aromatic nitrogens is 2. The van der Waals surface area contributed by atoms with Crippen LogP contribution >= 0.6 is 0 Å². The van der Waals surface area contributed by atoms with Gasteiger partial charge in [0.1, 0.15) is 12.5 Å². The fraction of sp³-hybridized carbons (Fsp3) is 0.286. The first-order valence-electron chi connectivity index (χ1n) is 6.11. The van der Waals surface area contributed by atoms with Crippen LogP contribution in [-0.2, 0) is 0 Å². The average Bonchev–Trinajstić information content (AvgIpc) is 2.34. The van der Waals surface area contributed by atoms with Crippen molar-refractivity contribution in [2.24, 2.45) is 0 Å². The Morgan fingerprint density at radius 3 is 2.42 bits per heavy atom. The van der Waals surface area contributed by atoms with Gasteiger partial charge >= 0.3 is 0 Å². The van der Waals surface area contributed by atoms with Crippen molar-refractivity contribution in [2.45, 2.75) is 13.8 Å². The second kappa shape index (κ2) is 5.65. The summed E-state index contributed by atoms with van der Waals surface area (Å²) in [4.78, 5) is 8.26. The molecule has 3 N–H and O–H groups in total. The first-order chi connectivity index (χ1) is 9.08. The number of rotatable bonds is 4. The SMILES string of the molecule is Cc1cc(C)cc(-c2cc(NCCF)nc(N)n2)c1. The number of anilines is 2. The fourth-order valence-electron chi connectivity index (χ4n) is 2.00. The molecule has 0 spiro atoms. The second-order valence-corrected chi connectivity index (χ2v) is 4.49. The van der Waals surface area contributed by atoms with Gasteiger partial charge in [-0.25, -0.2) is 9.37 Å². The Morgan fingerprint density at radius 1 is 1.11 bits per heavy atom. The lowest BCUT2D eigenvalue weighted by Crippen LogP contribution is -2.07. The number of halogens is 1. The van der Waals surface area contributed by atoms with Crippen LogP contribution in [0.4, 0.5) is 16.2 Å². The molecule has 0 unspecified atom stereocenters. The first-order valence-corrected chi connectivity index (χ1v) is 6.11. The molecule has 100 valence electrons. The van der Waals surface area contributed by atoms with Gasteiger partial charge in [-0.1, -0.05) is 17.2 Å². The minimum absolute atomic E-state index is 0.179. The minimum Gasteiger partial charge on any atom is -0.368 e. The molecule has 0 radical (unpaired) electrons. The number of aryl methyl sites for hydroxylation is 2. The summed E-state index contributed by atoms with van der Waals surface area (Å²) < 4.78 is 12.2. The van der Waals surface area contributed by atoms with Crippen LogP contribution in [0.2, 0.25) is 0 Å². The highest BCUT2D eigenvalue weighted by Gasteiger charge is 2.06. The fourth-order valence-corrected chi connectivity index (χ4v) is 2.00. The van der Waals surface area contributed by atoms with Gasteiger partial charge in [0.25, 0.3) is 0 Å². The van der Waals surface area contributed by atoms with Crippen LogP contribution in [-0.4, -0.2) is 23.2 Å². The zero-order valence-electron chi connectivity index (χ0n) is 11.1. The predicted octanol–water partition coefficient (Wildman–Crippen LogP) is 2.72. The number of hydrogen-bond donors (Lipinski definition) is 2. The monoisotopic (exact) mass is 260 g/mol. The third-order valence-electron chi connectivity index (χ3n) is 2.66. The third kappa shape index (κ3) is 3.40. The molecule has 5 heteroatoms. The van der Waals surface area contributed by atoms with Crippen LogP contribution in [0.3, 0.4) is 0 Å². The van der Waals surface area contributed by atoms with Crippen molar-refractivity contribution in [1.82, 2.24) is 9.97 Å². The maximum Gasteiger partial charge on any atom is 0.222 e. The molecular weight excluding hydrogens is 243 g/mol. The Labute approximate surface area is 111 Å². The number of hydrogen-bond acceptors (Lipinski definition) is 4. The van der Waals surface area contributed by atoms with Crippen molar-refractivity contribution in [3.8, 4) is 11.3 Å². The van der Waals surface area contributed by atoms with Gasteiger partial charge in [0.05, 0.1) is 5.69 Å². The highest BCUT2D eigenvalue weighted by atomic mass is 19.1. The van der Waals surface area contributed by atoms with E-state index in [1.807, 2.05) is 26.0 Å². The van der Waals surface area contributed by atoms with E-state index in [2.05, 4.69) is 21.4 Å². The summed E-state index contributed by atoms with van der Waals surface area (Å²) in [7, 11) is 0. The summed E-state index contributed by atoms with van der Waals surface area (Å²) in [6.07, 6.45) is 0. The van der Waals surface area contributed by atoms with Crippen molar-refractivity contribution in [3.05, 3.63) is 35.4 Å². The molecule has 2 aromatic rings. The summed E-state index contributed by atoms with van der Waals surface area (Å²) in [5, 5.41) is 2.87. The first kappa shape index (κ1) is 13.3. The zero-order valence-corrected chi connectivity index (χ0v) is 11.1. The number of benzene rings is 1. The van der Waals surface area contributed by atoms with Crippen molar-refractivity contribution in [3.63, 3.8) is 0 Å². The van der Waals surface area contributed by atoms with E-state index in [4.69, 9.17) is 5.73 Å². The topological polar surface area (TPSA) is 63.8 Å². The molecule has 0 saturated heterocycles. The van der Waals surface area contributed by atoms with Crippen molar-refractivity contribution >= 4 is 11.8 Å². The van der Waals surface area contributed by atoms with Crippen molar-refractivity contribution in [1.29, 1.82) is 0 Å². The highest BCUT2D eigenvalue weighted by molar-refractivity contribution is 5.65. The molecule has 0 aliphatic heterocycles. The van der Waals surface area contributed by atoms with Gasteiger partial charge in [-0.3, -0.25) is 0 Å². The van der Waals surface area contributed by atoms with Gasteiger partial charge in [-0.05, 0) is 26.0 Å². The Hall–Kier alpha value is -2.17. The van der Waals surface area contributed by atoms with Crippen molar-refractivity contribution < 1.29 is 4.39 Å². The lowest BCUT2D eigenvalue weighted by molar-refractivity contribution is 0.512. The summed E-state index contributed by atoms with van der Waals surface area (Å²) in [6, 6.07) is 7.94. The largest absolute Gasteiger partial charge is 0.368 e. The molecule has 0 bridgehead atoms. The minimum atomic E-state index is -0.456. The predicted molar refractivity (Wildman–Crippen MR) is 75.8 cm³/mol. The van der Waals surface area contributed by atoms with E-state index in [1.54, 1.807) is 6.07 Å². The number of nitrogen functional groups attached to an aromatic ring is 1. The van der Waals surface area contributed by atoms with Crippen LogP contribution in [0.5, 0.6) is 0 Å². The van der Waals surface area contributed by atoms with Gasteiger partial charge in [-0.15, -0.1) is 0 Å². The van der Waals surface area contributed by atoms with Crippen LogP contribution in [0.1, 0.15) is 11.1 Å². The van der Waals surface area contributed by atoms with Crippen LogP contribution in [0.25, 0.3) is 11.3 Å². The molecule has 4 nitrogen and oxygen atoms in total. The summed E-state index contributed by atoms with van der Waals surface area (Å²) in [5.74, 6) is 0.720. The molecule has 0 fully saturated rings. The summed E-state index contributed by atoms with van der Waals surface area (Å²) in [5.41, 5.74) is 9.72. The average molecular weight is 260 g/mol. The second-order valence-electron chi connectivity index (χ2n) is 4.49. The van der Waals surface area contributed by atoms with E-state index >= 15 is 0 Å². The number of alkyl halides is 1. The van der Waals surface area contributed by atoms with Crippen LogP contribution < -0.4 is 11.1 Å². The van der Waals surface area contributed by atoms with Gasteiger partial charge in [0.15, 0.2) is 0 Å². The number of nitrogens with zero attached hydrogens (tertiary/aromatic N) is 2. The van der Waals surface area contributed by atoms with Gasteiger partial charge in [0, 0.05) is 18.2 Å². The number of nitrogens with one attached hydrogen (secondary N) is 1. The molecule has 0 saturated carbocycles. The van der Waals surface area contributed by atoms with E-state index in [1.165, 1.54) is 0 Å². The normalized spacial score (nSPS) is 10.5. The van der Waals surface area contributed by atoms with Crippen LogP contribution in [0, 0.1) is 13.8 Å². The molecular formula is C14H17FN4. The molecule has 19 heavy (non-hydrogen) atoms. The quantitative estimate of drug-likeness (QED) is 0.887. The maximum absolute atomic E-state index is 12.2. The van der Waals surface area contributed by atoms with E-state index in [0.717, 1.165) is 22.4 Å². The molecule has 0 amide bonds. The maximum atomic E-state index is 12.2. The molecule has 1 heterocycles. The van der Waals surface area contributed by atoms with E-state index < -0.39 is 6.67 Å². The number of nitrogens with two attached hydrogens (primary N) is 1. The van der Waals surface area contributed by atoms with Gasteiger partial charge in [-0.2, -0.15) is 4.98 Å². The van der Waals surface area contributed by atoms with Gasteiger partial charge < -0.3 is 11.1 Å². The third-order valence-corrected chi connectivity index (χ3v) is 2.66. The van der Waals surface area contributed by atoms with E-state index in [0.29, 0.717) is 5.82 Å². The van der Waals surface area contributed by atoms with Crippen LogP contribution in [0.15, 0.2) is 24.3 Å². The lowest BCUT2D eigenvalue weighted by Gasteiger charge is -2.08. The Morgan fingerprint density at radius 2 is 1.79 bits per heavy atom. The molecule has 0 atom stereocenters. The van der Waals surface area contributed by atoms with Crippen molar-refractivity contribution in [2.75, 3.05) is 24.3 Å². The molecule has 0 aliphatic carbocycles. The molecule has 1 aromatic carbocycles. The van der Waals surface area contributed by atoms with E-state index in [9.17, 15) is 4.39 Å². The molecule has 1 aromatic heterocycles. The Kier molecular flexibility index (Phi) is 3.94. The Balaban J connectivity index is 2.40.